The molecule has 0 bridgehead atoms. The van der Waals surface area contributed by atoms with Gasteiger partial charge >= 0.3 is 0 Å². The van der Waals surface area contributed by atoms with Crippen molar-refractivity contribution in [2.24, 2.45) is 0 Å². The highest BCUT2D eigenvalue weighted by molar-refractivity contribution is 7.89. The van der Waals surface area contributed by atoms with E-state index in [1.807, 2.05) is 0 Å². The second kappa shape index (κ2) is 11.1. The minimum absolute atomic E-state index is 0.0721. The zero-order valence-electron chi connectivity index (χ0n) is 21.4. The number of methoxy groups -OCH3 is 5. The van der Waals surface area contributed by atoms with Crippen LogP contribution in [0.25, 0.3) is 10.8 Å². The molecule has 4 rings (SSSR count). The van der Waals surface area contributed by atoms with Crippen molar-refractivity contribution in [3.05, 3.63) is 77.9 Å². The fourth-order valence-corrected chi connectivity index (χ4v) is 5.30. The Labute approximate surface area is 220 Å². The van der Waals surface area contributed by atoms with Gasteiger partial charge in [-0.25, -0.2) is 12.8 Å². The van der Waals surface area contributed by atoms with Gasteiger partial charge in [-0.3, -0.25) is 4.98 Å². The lowest BCUT2D eigenvalue weighted by Gasteiger charge is -2.22. The molecule has 0 fully saturated rings. The quantitative estimate of drug-likeness (QED) is 0.313. The van der Waals surface area contributed by atoms with Gasteiger partial charge in [0.2, 0.25) is 10.0 Å². The minimum Gasteiger partial charge on any atom is -0.494 e. The van der Waals surface area contributed by atoms with Crippen LogP contribution in [0.1, 0.15) is 17.3 Å². The lowest BCUT2D eigenvalue weighted by Crippen LogP contribution is -2.30. The third-order valence-electron chi connectivity index (χ3n) is 6.02. The summed E-state index contributed by atoms with van der Waals surface area (Å²) in [5, 5.41) is 1.36. The molecule has 1 N–H and O–H groups in total. The number of pyridine rings is 1. The fraction of sp³-hybridized carbons (Fsp3) is 0.222. The largest absolute Gasteiger partial charge is 0.494 e. The Morgan fingerprint density at radius 3 is 1.97 bits per heavy atom. The van der Waals surface area contributed by atoms with Crippen LogP contribution in [-0.2, 0) is 10.0 Å². The molecule has 4 aromatic rings. The summed E-state index contributed by atoms with van der Waals surface area (Å²) in [4.78, 5) is 4.27. The van der Waals surface area contributed by atoms with Gasteiger partial charge < -0.3 is 23.7 Å². The molecular formula is C27H27FN2O7S. The number of fused-ring (bicyclic) bond motifs is 1. The number of aromatic nitrogens is 1. The van der Waals surface area contributed by atoms with Gasteiger partial charge in [0.05, 0.1) is 52.2 Å². The zero-order valence-corrected chi connectivity index (χ0v) is 22.3. The predicted molar refractivity (Wildman–Crippen MR) is 140 cm³/mol. The molecule has 11 heteroatoms. The Bertz CT molecular complexity index is 1580. The van der Waals surface area contributed by atoms with Gasteiger partial charge in [-0.05, 0) is 59.5 Å². The molecule has 3 aromatic carbocycles. The van der Waals surface area contributed by atoms with Gasteiger partial charge in [0, 0.05) is 11.6 Å². The van der Waals surface area contributed by atoms with Crippen LogP contribution in [-0.4, -0.2) is 49.0 Å². The number of rotatable bonds is 10. The lowest BCUT2D eigenvalue weighted by molar-refractivity contribution is 0.354. The highest BCUT2D eigenvalue weighted by Gasteiger charge is 2.28. The molecule has 1 atom stereocenters. The summed E-state index contributed by atoms with van der Waals surface area (Å²) >= 11 is 0. The van der Waals surface area contributed by atoms with Crippen LogP contribution >= 0.6 is 0 Å². The normalized spacial score (nSPS) is 12.2. The van der Waals surface area contributed by atoms with E-state index >= 15 is 0 Å². The number of nitrogens with zero attached hydrogens (tertiary/aromatic N) is 1. The average molecular weight is 543 g/mol. The average Bonchev–Trinajstić information content (AvgIpc) is 2.94. The standard InChI is InChI=1S/C27H27FN2O7S/c1-33-21-9-7-18(14-20(21)28)38(31,32)30-26(17-6-8-22(34-2)23(13-17)35-3)27-19-15-25(37-5)24(36-4)12-16(19)10-11-29-27/h6-15,26,30H,1-5H3/t26-/m1/s1. The summed E-state index contributed by atoms with van der Waals surface area (Å²) in [6.45, 7) is 0. The maximum absolute atomic E-state index is 14.4. The number of hydrogen-bond acceptors (Lipinski definition) is 8. The number of sulfonamides is 1. The zero-order chi connectivity index (χ0) is 27.4. The van der Waals surface area contributed by atoms with Crippen molar-refractivity contribution in [2.75, 3.05) is 35.5 Å². The number of halogens is 1. The van der Waals surface area contributed by atoms with E-state index in [4.69, 9.17) is 23.7 Å². The molecule has 0 spiro atoms. The van der Waals surface area contributed by atoms with E-state index in [9.17, 15) is 12.8 Å². The number of benzene rings is 3. The van der Waals surface area contributed by atoms with Crippen molar-refractivity contribution < 1.29 is 36.5 Å². The number of nitrogens with one attached hydrogen (secondary N) is 1. The molecular weight excluding hydrogens is 515 g/mol. The maximum atomic E-state index is 14.4. The monoisotopic (exact) mass is 542 g/mol. The molecule has 200 valence electrons. The molecule has 38 heavy (non-hydrogen) atoms. The summed E-state index contributed by atoms with van der Waals surface area (Å²) in [6, 6.07) is 12.7. The van der Waals surface area contributed by atoms with Crippen LogP contribution < -0.4 is 28.4 Å². The highest BCUT2D eigenvalue weighted by atomic mass is 32.2. The molecule has 0 saturated carbocycles. The fourth-order valence-electron chi connectivity index (χ4n) is 4.10. The molecule has 0 aliphatic heterocycles. The second-order valence-corrected chi connectivity index (χ2v) is 9.80. The third kappa shape index (κ3) is 5.15. The van der Waals surface area contributed by atoms with Crippen LogP contribution in [0.5, 0.6) is 28.7 Å². The van der Waals surface area contributed by atoms with Crippen molar-refractivity contribution in [1.29, 1.82) is 0 Å². The van der Waals surface area contributed by atoms with Crippen molar-refractivity contribution in [3.8, 4) is 28.7 Å². The van der Waals surface area contributed by atoms with Gasteiger partial charge in [-0.1, -0.05) is 6.07 Å². The SMILES string of the molecule is COc1ccc(S(=O)(=O)N[C@H](c2ccc(OC)c(OC)c2)c2nccc3cc(OC)c(OC)cc23)cc1F. The molecule has 0 radical (unpaired) electrons. The lowest BCUT2D eigenvalue weighted by atomic mass is 9.98. The van der Waals surface area contributed by atoms with E-state index in [-0.39, 0.29) is 10.6 Å². The van der Waals surface area contributed by atoms with Gasteiger partial charge in [0.15, 0.2) is 34.6 Å². The van der Waals surface area contributed by atoms with E-state index in [0.29, 0.717) is 39.6 Å². The van der Waals surface area contributed by atoms with Gasteiger partial charge in [0.25, 0.3) is 0 Å². The van der Waals surface area contributed by atoms with Gasteiger partial charge in [0.1, 0.15) is 0 Å². The first-order valence-electron chi connectivity index (χ1n) is 11.3. The molecule has 9 nitrogen and oxygen atoms in total. The van der Waals surface area contributed by atoms with Crippen LogP contribution in [0.3, 0.4) is 0 Å². The molecule has 0 amide bonds. The van der Waals surface area contributed by atoms with Crippen molar-refractivity contribution >= 4 is 20.8 Å². The van der Waals surface area contributed by atoms with E-state index in [0.717, 1.165) is 11.5 Å². The molecule has 0 unspecified atom stereocenters. The Kier molecular flexibility index (Phi) is 7.88. The predicted octanol–water partition coefficient (Wildman–Crippen LogP) is 4.48. The molecule has 0 saturated heterocycles. The second-order valence-electron chi connectivity index (χ2n) is 8.09. The number of hydrogen-bond donors (Lipinski definition) is 1. The van der Waals surface area contributed by atoms with Gasteiger partial charge in [-0.15, -0.1) is 0 Å². The Hall–Kier alpha value is -4.09. The van der Waals surface area contributed by atoms with E-state index in [2.05, 4.69) is 9.71 Å². The van der Waals surface area contributed by atoms with Crippen molar-refractivity contribution in [2.45, 2.75) is 10.9 Å². The highest BCUT2D eigenvalue weighted by Crippen LogP contribution is 2.38. The van der Waals surface area contributed by atoms with E-state index in [1.165, 1.54) is 47.7 Å². The minimum atomic E-state index is -4.25. The van der Waals surface area contributed by atoms with Crippen LogP contribution in [0.15, 0.2) is 65.7 Å². The summed E-state index contributed by atoms with van der Waals surface area (Å²) < 4.78 is 70.8. The Morgan fingerprint density at radius 1 is 0.737 bits per heavy atom. The first-order chi connectivity index (χ1) is 18.3. The Balaban J connectivity index is 1.93. The molecule has 1 heterocycles. The van der Waals surface area contributed by atoms with Crippen molar-refractivity contribution in [1.82, 2.24) is 9.71 Å². The molecule has 1 aromatic heterocycles. The van der Waals surface area contributed by atoms with E-state index < -0.39 is 21.9 Å². The maximum Gasteiger partial charge on any atom is 0.241 e. The van der Waals surface area contributed by atoms with Crippen molar-refractivity contribution in [3.63, 3.8) is 0 Å². The van der Waals surface area contributed by atoms with Crippen LogP contribution in [0, 0.1) is 5.82 Å². The topological polar surface area (TPSA) is 105 Å². The van der Waals surface area contributed by atoms with Crippen LogP contribution in [0.2, 0.25) is 0 Å². The Morgan fingerprint density at radius 2 is 1.34 bits per heavy atom. The molecule has 0 aliphatic rings. The first-order valence-corrected chi connectivity index (χ1v) is 12.8. The van der Waals surface area contributed by atoms with E-state index in [1.54, 1.807) is 42.6 Å². The summed E-state index contributed by atoms with van der Waals surface area (Å²) in [6.07, 6.45) is 1.57. The van der Waals surface area contributed by atoms with Gasteiger partial charge in [-0.2, -0.15) is 4.72 Å². The summed E-state index contributed by atoms with van der Waals surface area (Å²) in [5.41, 5.74) is 0.892. The number of ether oxygens (including phenoxy) is 5. The smallest absolute Gasteiger partial charge is 0.241 e. The summed E-state index contributed by atoms with van der Waals surface area (Å²) in [5.74, 6) is 0.932. The third-order valence-corrected chi connectivity index (χ3v) is 7.44. The summed E-state index contributed by atoms with van der Waals surface area (Å²) in [7, 11) is 3.07. The van der Waals surface area contributed by atoms with Crippen LogP contribution in [0.4, 0.5) is 4.39 Å². The first kappa shape index (κ1) is 27.0. The molecule has 0 aliphatic carbocycles.